The SMILES string of the molecule is C[C@@H](c1ncc(-c2ccc(C(=O)O)cc2)s1)N(C)C(=O)OC(C)(C)C. The molecule has 0 aliphatic rings. The molecule has 0 aliphatic heterocycles. The number of carbonyl (C=O) groups is 2. The van der Waals surface area contributed by atoms with Crippen LogP contribution >= 0.6 is 11.3 Å². The van der Waals surface area contributed by atoms with Crippen molar-refractivity contribution in [2.24, 2.45) is 0 Å². The van der Waals surface area contributed by atoms with Gasteiger partial charge in [-0.15, -0.1) is 11.3 Å². The lowest BCUT2D eigenvalue weighted by Gasteiger charge is -2.27. The molecule has 0 spiro atoms. The van der Waals surface area contributed by atoms with Crippen LogP contribution in [0.4, 0.5) is 4.79 Å². The van der Waals surface area contributed by atoms with Gasteiger partial charge in [-0.25, -0.2) is 14.6 Å². The Bertz CT molecular complexity index is 762. The topological polar surface area (TPSA) is 79.7 Å². The van der Waals surface area contributed by atoms with Crippen molar-refractivity contribution in [3.05, 3.63) is 41.0 Å². The van der Waals surface area contributed by atoms with E-state index >= 15 is 0 Å². The van der Waals surface area contributed by atoms with Gasteiger partial charge in [-0.1, -0.05) is 12.1 Å². The fourth-order valence-electron chi connectivity index (χ4n) is 2.05. The zero-order valence-corrected chi connectivity index (χ0v) is 15.8. The number of hydrogen-bond donors (Lipinski definition) is 1. The fourth-order valence-corrected chi connectivity index (χ4v) is 3.07. The van der Waals surface area contributed by atoms with E-state index in [0.29, 0.717) is 0 Å². The van der Waals surface area contributed by atoms with Crippen molar-refractivity contribution < 1.29 is 19.4 Å². The van der Waals surface area contributed by atoms with Gasteiger partial charge in [-0.2, -0.15) is 0 Å². The van der Waals surface area contributed by atoms with Gasteiger partial charge in [0, 0.05) is 13.2 Å². The van der Waals surface area contributed by atoms with Gasteiger partial charge in [0.15, 0.2) is 0 Å². The van der Waals surface area contributed by atoms with Crippen LogP contribution < -0.4 is 0 Å². The summed E-state index contributed by atoms with van der Waals surface area (Å²) in [5.74, 6) is -0.954. The third-order valence-corrected chi connectivity index (χ3v) is 4.78. The molecule has 2 rings (SSSR count). The van der Waals surface area contributed by atoms with Crippen LogP contribution in [0.3, 0.4) is 0 Å². The van der Waals surface area contributed by atoms with E-state index in [-0.39, 0.29) is 11.6 Å². The highest BCUT2D eigenvalue weighted by Crippen LogP contribution is 2.31. The summed E-state index contributed by atoms with van der Waals surface area (Å²) in [6.45, 7) is 7.36. The van der Waals surface area contributed by atoms with Crippen LogP contribution in [0.15, 0.2) is 30.5 Å². The van der Waals surface area contributed by atoms with Crippen LogP contribution in [0.25, 0.3) is 10.4 Å². The lowest BCUT2D eigenvalue weighted by Crippen LogP contribution is -2.35. The first kappa shape index (κ1) is 18.9. The Kier molecular flexibility index (Phi) is 5.47. The number of rotatable bonds is 4. The molecule has 1 aromatic heterocycles. The highest BCUT2D eigenvalue weighted by atomic mass is 32.1. The first-order valence-electron chi connectivity index (χ1n) is 7.84. The van der Waals surface area contributed by atoms with E-state index in [2.05, 4.69) is 4.98 Å². The first-order valence-corrected chi connectivity index (χ1v) is 8.65. The average Bonchev–Trinajstić information content (AvgIpc) is 3.01. The normalized spacial score (nSPS) is 12.5. The van der Waals surface area contributed by atoms with Crippen molar-refractivity contribution in [2.45, 2.75) is 39.3 Å². The average molecular weight is 362 g/mol. The molecule has 0 fully saturated rings. The molecule has 25 heavy (non-hydrogen) atoms. The van der Waals surface area contributed by atoms with Gasteiger partial charge in [-0.3, -0.25) is 0 Å². The van der Waals surface area contributed by atoms with E-state index in [1.807, 2.05) is 27.7 Å². The zero-order chi connectivity index (χ0) is 18.8. The Morgan fingerprint density at radius 1 is 1.24 bits per heavy atom. The minimum atomic E-state index is -0.954. The summed E-state index contributed by atoms with van der Waals surface area (Å²) in [5, 5.41) is 9.74. The lowest BCUT2D eigenvalue weighted by atomic mass is 10.1. The number of aromatic carboxylic acids is 1. The Labute approximate surface area is 151 Å². The second kappa shape index (κ2) is 7.23. The van der Waals surface area contributed by atoms with Crippen LogP contribution in [0.5, 0.6) is 0 Å². The smallest absolute Gasteiger partial charge is 0.410 e. The maximum absolute atomic E-state index is 12.2. The zero-order valence-electron chi connectivity index (χ0n) is 14.9. The third kappa shape index (κ3) is 4.79. The van der Waals surface area contributed by atoms with Crippen LogP contribution in [-0.2, 0) is 4.74 Å². The van der Waals surface area contributed by atoms with Gasteiger partial charge in [0.2, 0.25) is 0 Å². The van der Waals surface area contributed by atoms with Gasteiger partial charge >= 0.3 is 12.1 Å². The second-order valence-corrected chi connectivity index (χ2v) is 7.77. The van der Waals surface area contributed by atoms with Crippen molar-refractivity contribution in [3.8, 4) is 10.4 Å². The summed E-state index contributed by atoms with van der Waals surface area (Å²) >= 11 is 1.46. The van der Waals surface area contributed by atoms with Crippen LogP contribution in [-0.4, -0.2) is 39.7 Å². The Balaban J connectivity index is 2.14. The summed E-state index contributed by atoms with van der Waals surface area (Å²) in [7, 11) is 1.68. The first-order chi connectivity index (χ1) is 11.6. The fraction of sp³-hybridized carbons (Fsp3) is 0.389. The quantitative estimate of drug-likeness (QED) is 0.870. The van der Waals surface area contributed by atoms with Crippen molar-refractivity contribution in [2.75, 3.05) is 7.05 Å². The van der Waals surface area contributed by atoms with Crippen molar-refractivity contribution >= 4 is 23.4 Å². The molecule has 1 atom stereocenters. The molecule has 0 radical (unpaired) electrons. The number of hydrogen-bond acceptors (Lipinski definition) is 5. The molecular formula is C18H22N2O4S. The maximum atomic E-state index is 12.2. The summed E-state index contributed by atoms with van der Waals surface area (Å²) in [6.07, 6.45) is 1.33. The third-order valence-electron chi connectivity index (χ3n) is 3.56. The number of thiazole rings is 1. The number of ether oxygens (including phenoxy) is 1. The van der Waals surface area contributed by atoms with Gasteiger partial charge in [0.25, 0.3) is 0 Å². The highest BCUT2D eigenvalue weighted by Gasteiger charge is 2.25. The summed E-state index contributed by atoms with van der Waals surface area (Å²) in [5.41, 5.74) is 0.581. The van der Waals surface area contributed by atoms with Gasteiger partial charge in [0.05, 0.1) is 16.5 Å². The summed E-state index contributed by atoms with van der Waals surface area (Å²) < 4.78 is 5.38. The number of aromatic nitrogens is 1. The van der Waals surface area contributed by atoms with E-state index < -0.39 is 17.7 Å². The van der Waals surface area contributed by atoms with E-state index in [0.717, 1.165) is 15.4 Å². The molecule has 1 amide bonds. The molecule has 134 valence electrons. The predicted octanol–water partition coefficient (Wildman–Crippen LogP) is 4.44. The van der Waals surface area contributed by atoms with Crippen LogP contribution in [0.1, 0.15) is 49.1 Å². The lowest BCUT2D eigenvalue weighted by molar-refractivity contribution is 0.0233. The second-order valence-electron chi connectivity index (χ2n) is 6.71. The molecule has 0 bridgehead atoms. The van der Waals surface area contributed by atoms with E-state index in [1.165, 1.54) is 16.2 Å². The molecule has 6 nitrogen and oxygen atoms in total. The maximum Gasteiger partial charge on any atom is 0.410 e. The largest absolute Gasteiger partial charge is 0.478 e. The molecule has 0 unspecified atom stereocenters. The molecule has 1 aromatic carbocycles. The molecule has 0 aliphatic carbocycles. The van der Waals surface area contributed by atoms with E-state index in [4.69, 9.17) is 9.84 Å². The van der Waals surface area contributed by atoms with Gasteiger partial charge in [-0.05, 0) is 45.4 Å². The molecular weight excluding hydrogens is 340 g/mol. The summed E-state index contributed by atoms with van der Waals surface area (Å²) in [4.78, 5) is 29.9. The van der Waals surface area contributed by atoms with Crippen LogP contribution in [0, 0.1) is 0 Å². The molecule has 7 heteroatoms. The standard InChI is InChI=1S/C18H22N2O4S/c1-11(20(5)17(23)24-18(2,3)4)15-19-10-14(25-15)12-6-8-13(9-7-12)16(21)22/h6-11H,1-5H3,(H,21,22)/t11-/m0/s1. The molecule has 1 heterocycles. The van der Waals surface area contributed by atoms with Crippen molar-refractivity contribution in [3.63, 3.8) is 0 Å². The number of nitrogens with zero attached hydrogens (tertiary/aromatic N) is 2. The summed E-state index contributed by atoms with van der Waals surface area (Å²) in [6, 6.07) is 6.40. The Hall–Kier alpha value is -2.41. The number of benzene rings is 1. The highest BCUT2D eigenvalue weighted by molar-refractivity contribution is 7.15. The number of carboxylic acid groups (broad SMARTS) is 1. The van der Waals surface area contributed by atoms with Gasteiger partial charge in [0.1, 0.15) is 10.6 Å². The monoisotopic (exact) mass is 362 g/mol. The van der Waals surface area contributed by atoms with Gasteiger partial charge < -0.3 is 14.7 Å². The molecule has 2 aromatic rings. The van der Waals surface area contributed by atoms with Crippen molar-refractivity contribution in [1.29, 1.82) is 0 Å². The van der Waals surface area contributed by atoms with Crippen LogP contribution in [0.2, 0.25) is 0 Å². The number of carbonyl (C=O) groups excluding carboxylic acids is 1. The van der Waals surface area contributed by atoms with E-state index in [9.17, 15) is 9.59 Å². The molecule has 0 saturated carbocycles. The minimum absolute atomic E-state index is 0.230. The van der Waals surface area contributed by atoms with E-state index in [1.54, 1.807) is 37.5 Å². The number of carboxylic acids is 1. The molecule has 0 saturated heterocycles. The predicted molar refractivity (Wildman–Crippen MR) is 96.9 cm³/mol. The molecule has 1 N–H and O–H groups in total. The minimum Gasteiger partial charge on any atom is -0.478 e. The number of amides is 1. The van der Waals surface area contributed by atoms with Crippen molar-refractivity contribution in [1.82, 2.24) is 9.88 Å². The Morgan fingerprint density at radius 3 is 2.36 bits per heavy atom. The Morgan fingerprint density at radius 2 is 1.84 bits per heavy atom.